The van der Waals surface area contributed by atoms with Gasteiger partial charge < -0.3 is 10.5 Å². The molecule has 3 nitrogen and oxygen atoms in total. The molecule has 0 saturated carbocycles. The van der Waals surface area contributed by atoms with Gasteiger partial charge in [0, 0.05) is 24.7 Å². The van der Waals surface area contributed by atoms with Gasteiger partial charge in [0.05, 0.1) is 7.11 Å². The first-order valence-electron chi connectivity index (χ1n) is 6.56. The second-order valence-corrected chi connectivity index (χ2v) is 5.23. The predicted octanol–water partition coefficient (Wildman–Crippen LogP) is 2.60. The maximum atomic E-state index is 5.70. The van der Waals surface area contributed by atoms with Crippen LogP contribution in [0.2, 0.25) is 0 Å². The van der Waals surface area contributed by atoms with E-state index in [1.54, 1.807) is 7.11 Å². The molecule has 0 aliphatic heterocycles. The van der Waals surface area contributed by atoms with Crippen molar-refractivity contribution in [2.75, 3.05) is 20.7 Å². The normalized spacial score (nSPS) is 13.1. The molecule has 0 aliphatic carbocycles. The quantitative estimate of drug-likeness (QED) is 0.843. The number of nitrogens with two attached hydrogens (primary N) is 1. The first-order chi connectivity index (χ1) is 8.49. The van der Waals surface area contributed by atoms with Gasteiger partial charge in [0.15, 0.2) is 0 Å². The molecule has 0 saturated heterocycles. The number of hydrogen-bond donors (Lipinski definition) is 1. The summed E-state index contributed by atoms with van der Waals surface area (Å²) in [6.45, 7) is 8.08. The molecule has 0 bridgehead atoms. The lowest BCUT2D eigenvalue weighted by molar-refractivity contribution is 0.250. The average Bonchev–Trinajstić information content (AvgIpc) is 2.37. The fourth-order valence-electron chi connectivity index (χ4n) is 1.89. The van der Waals surface area contributed by atoms with Crippen LogP contribution in [0.25, 0.3) is 0 Å². The van der Waals surface area contributed by atoms with E-state index in [-0.39, 0.29) is 0 Å². The zero-order valence-corrected chi connectivity index (χ0v) is 12.2. The maximum absolute atomic E-state index is 5.70. The molecule has 0 aliphatic rings. The Morgan fingerprint density at radius 1 is 1.28 bits per heavy atom. The summed E-state index contributed by atoms with van der Waals surface area (Å²) in [6.07, 6.45) is 0. The van der Waals surface area contributed by atoms with Crippen LogP contribution in [0, 0.1) is 0 Å². The Balaban J connectivity index is 2.94. The number of benzene rings is 1. The Bertz CT molecular complexity index is 377. The summed E-state index contributed by atoms with van der Waals surface area (Å²) < 4.78 is 5.44. The summed E-state index contributed by atoms with van der Waals surface area (Å²) in [5, 5.41) is 0. The van der Waals surface area contributed by atoms with Gasteiger partial charge >= 0.3 is 0 Å². The summed E-state index contributed by atoms with van der Waals surface area (Å²) in [6, 6.07) is 6.81. The molecule has 102 valence electrons. The predicted molar refractivity (Wildman–Crippen MR) is 77.1 cm³/mol. The largest absolute Gasteiger partial charge is 0.496 e. The van der Waals surface area contributed by atoms with E-state index in [2.05, 4.69) is 50.9 Å². The van der Waals surface area contributed by atoms with Crippen molar-refractivity contribution in [3.05, 3.63) is 29.3 Å². The van der Waals surface area contributed by atoms with Gasteiger partial charge in [-0.05, 0) is 31.5 Å². The van der Waals surface area contributed by atoms with Crippen molar-refractivity contribution in [3.8, 4) is 5.75 Å². The van der Waals surface area contributed by atoms with Crippen LogP contribution in [-0.4, -0.2) is 31.6 Å². The number of nitrogens with zero attached hydrogens (tertiary/aromatic N) is 1. The van der Waals surface area contributed by atoms with Crippen molar-refractivity contribution in [2.24, 2.45) is 5.73 Å². The van der Waals surface area contributed by atoms with Gasteiger partial charge in [-0.1, -0.05) is 26.0 Å². The van der Waals surface area contributed by atoms with E-state index >= 15 is 0 Å². The standard InChI is InChI=1S/C15H26N2O/c1-11(2)13-6-7-15(18-5)14(8-13)10-17(4)12(3)9-16/h6-8,11-12H,9-10,16H2,1-5H3. The summed E-state index contributed by atoms with van der Waals surface area (Å²) in [4.78, 5) is 2.25. The van der Waals surface area contributed by atoms with Crippen LogP contribution in [0.15, 0.2) is 18.2 Å². The molecular weight excluding hydrogens is 224 g/mol. The van der Waals surface area contributed by atoms with E-state index in [9.17, 15) is 0 Å². The highest BCUT2D eigenvalue weighted by Gasteiger charge is 2.12. The third-order valence-corrected chi connectivity index (χ3v) is 3.48. The third kappa shape index (κ3) is 3.72. The van der Waals surface area contributed by atoms with E-state index in [0.29, 0.717) is 18.5 Å². The molecule has 0 heterocycles. The van der Waals surface area contributed by atoms with Gasteiger partial charge in [0.2, 0.25) is 0 Å². The van der Waals surface area contributed by atoms with Gasteiger partial charge in [-0.3, -0.25) is 4.90 Å². The van der Waals surface area contributed by atoms with E-state index in [1.165, 1.54) is 11.1 Å². The van der Waals surface area contributed by atoms with Gasteiger partial charge in [-0.15, -0.1) is 0 Å². The van der Waals surface area contributed by atoms with Gasteiger partial charge in [0.1, 0.15) is 5.75 Å². The summed E-state index contributed by atoms with van der Waals surface area (Å²) in [7, 11) is 3.82. The molecule has 2 N–H and O–H groups in total. The maximum Gasteiger partial charge on any atom is 0.123 e. The van der Waals surface area contributed by atoms with Crippen molar-refractivity contribution < 1.29 is 4.74 Å². The Kier molecular flexibility index (Phi) is 5.63. The van der Waals surface area contributed by atoms with Crippen molar-refractivity contribution in [3.63, 3.8) is 0 Å². The van der Waals surface area contributed by atoms with Crippen molar-refractivity contribution >= 4 is 0 Å². The van der Waals surface area contributed by atoms with Crippen LogP contribution >= 0.6 is 0 Å². The van der Waals surface area contributed by atoms with Crippen LogP contribution in [0.5, 0.6) is 5.75 Å². The fraction of sp³-hybridized carbons (Fsp3) is 0.600. The molecular formula is C15H26N2O. The van der Waals surface area contributed by atoms with Crippen molar-refractivity contribution in [1.29, 1.82) is 0 Å². The van der Waals surface area contributed by atoms with Gasteiger partial charge in [-0.2, -0.15) is 0 Å². The zero-order valence-electron chi connectivity index (χ0n) is 12.2. The average molecular weight is 250 g/mol. The fourth-order valence-corrected chi connectivity index (χ4v) is 1.89. The smallest absolute Gasteiger partial charge is 0.123 e. The molecule has 0 amide bonds. The Morgan fingerprint density at radius 3 is 2.44 bits per heavy atom. The molecule has 3 heteroatoms. The van der Waals surface area contributed by atoms with Crippen molar-refractivity contribution in [2.45, 2.75) is 39.3 Å². The molecule has 1 aromatic rings. The number of rotatable bonds is 6. The molecule has 1 unspecified atom stereocenters. The topological polar surface area (TPSA) is 38.5 Å². The molecule has 18 heavy (non-hydrogen) atoms. The number of likely N-dealkylation sites (N-methyl/N-ethyl adjacent to an activating group) is 1. The summed E-state index contributed by atoms with van der Waals surface area (Å²) in [5.41, 5.74) is 8.28. The minimum atomic E-state index is 0.373. The molecule has 1 aromatic carbocycles. The second-order valence-electron chi connectivity index (χ2n) is 5.23. The molecule has 1 rings (SSSR count). The minimum absolute atomic E-state index is 0.373. The molecule has 0 spiro atoms. The highest BCUT2D eigenvalue weighted by atomic mass is 16.5. The van der Waals surface area contributed by atoms with Crippen LogP contribution in [0.3, 0.4) is 0 Å². The first kappa shape index (κ1) is 15.0. The van der Waals surface area contributed by atoms with Gasteiger partial charge in [-0.25, -0.2) is 0 Å². The summed E-state index contributed by atoms with van der Waals surface area (Å²) >= 11 is 0. The molecule has 0 radical (unpaired) electrons. The number of methoxy groups -OCH3 is 1. The van der Waals surface area contributed by atoms with Crippen LogP contribution in [0.4, 0.5) is 0 Å². The minimum Gasteiger partial charge on any atom is -0.496 e. The highest BCUT2D eigenvalue weighted by molar-refractivity contribution is 5.38. The third-order valence-electron chi connectivity index (χ3n) is 3.48. The van der Waals surface area contributed by atoms with E-state index in [1.807, 2.05) is 0 Å². The van der Waals surface area contributed by atoms with Crippen LogP contribution in [-0.2, 0) is 6.54 Å². The first-order valence-corrected chi connectivity index (χ1v) is 6.56. The van der Waals surface area contributed by atoms with E-state index in [0.717, 1.165) is 12.3 Å². The molecule has 1 atom stereocenters. The highest BCUT2D eigenvalue weighted by Crippen LogP contribution is 2.25. The Morgan fingerprint density at radius 2 is 1.94 bits per heavy atom. The van der Waals surface area contributed by atoms with E-state index < -0.39 is 0 Å². The van der Waals surface area contributed by atoms with Crippen LogP contribution < -0.4 is 10.5 Å². The SMILES string of the molecule is COc1ccc(C(C)C)cc1CN(C)C(C)CN. The van der Waals surface area contributed by atoms with Gasteiger partial charge in [0.25, 0.3) is 0 Å². The Hall–Kier alpha value is -1.06. The zero-order chi connectivity index (χ0) is 13.7. The second kappa shape index (κ2) is 6.76. The molecule has 0 aromatic heterocycles. The lowest BCUT2D eigenvalue weighted by Gasteiger charge is -2.24. The Labute approximate surface area is 111 Å². The number of hydrogen-bond acceptors (Lipinski definition) is 3. The molecule has 0 fully saturated rings. The van der Waals surface area contributed by atoms with Crippen molar-refractivity contribution in [1.82, 2.24) is 4.90 Å². The lowest BCUT2D eigenvalue weighted by atomic mass is 10.00. The van der Waals surface area contributed by atoms with Crippen LogP contribution in [0.1, 0.15) is 37.8 Å². The summed E-state index contributed by atoms with van der Waals surface area (Å²) in [5.74, 6) is 1.49. The number of ether oxygens (including phenoxy) is 1. The lowest BCUT2D eigenvalue weighted by Crippen LogP contribution is -2.34. The van der Waals surface area contributed by atoms with E-state index in [4.69, 9.17) is 10.5 Å². The monoisotopic (exact) mass is 250 g/mol.